The lowest BCUT2D eigenvalue weighted by molar-refractivity contribution is -0.111. The number of hydrogen-bond acceptors (Lipinski definition) is 4. The second-order valence-corrected chi connectivity index (χ2v) is 8.93. The number of fused-ring (bicyclic) bond motifs is 1. The average Bonchev–Trinajstić information content (AvgIpc) is 3.21. The zero-order valence-corrected chi connectivity index (χ0v) is 20.3. The molecule has 2 aromatic heterocycles. The molecular formula is C25H31ClN6O. The van der Waals surface area contributed by atoms with Gasteiger partial charge in [0.1, 0.15) is 11.0 Å². The van der Waals surface area contributed by atoms with Gasteiger partial charge in [-0.2, -0.15) is 5.10 Å². The highest BCUT2D eigenvalue weighted by atomic mass is 35.5. The normalized spacial score (nSPS) is 13.8. The highest BCUT2D eigenvalue weighted by molar-refractivity contribution is 6.31. The molecule has 0 bridgehead atoms. The van der Waals surface area contributed by atoms with E-state index in [4.69, 9.17) is 11.6 Å². The quantitative estimate of drug-likeness (QED) is 0.460. The second-order valence-electron chi connectivity index (χ2n) is 8.57. The largest absolute Gasteiger partial charge is 0.322 e. The van der Waals surface area contributed by atoms with Crippen LogP contribution in [-0.4, -0.2) is 30.5 Å². The molecule has 33 heavy (non-hydrogen) atoms. The summed E-state index contributed by atoms with van der Waals surface area (Å²) < 4.78 is 4.02. The third-order valence-corrected chi connectivity index (χ3v) is 6.57. The Bertz CT molecular complexity index is 1180. The van der Waals surface area contributed by atoms with Crippen molar-refractivity contribution in [2.45, 2.75) is 72.4 Å². The van der Waals surface area contributed by atoms with Crippen LogP contribution in [0.3, 0.4) is 0 Å². The summed E-state index contributed by atoms with van der Waals surface area (Å²) in [6.45, 7) is 7.75. The molecule has 1 aromatic carbocycles. The van der Waals surface area contributed by atoms with Gasteiger partial charge in [-0.1, -0.05) is 43.5 Å². The molecule has 0 unspecified atom stereocenters. The Morgan fingerprint density at radius 1 is 1.21 bits per heavy atom. The Labute approximate surface area is 199 Å². The van der Waals surface area contributed by atoms with Crippen LogP contribution in [0, 0.1) is 13.8 Å². The first-order valence-corrected chi connectivity index (χ1v) is 12.1. The van der Waals surface area contributed by atoms with Gasteiger partial charge in [-0.3, -0.25) is 9.48 Å². The smallest absolute Gasteiger partial charge is 0.248 e. The highest BCUT2D eigenvalue weighted by Crippen LogP contribution is 2.29. The van der Waals surface area contributed by atoms with Crippen LogP contribution >= 0.6 is 11.6 Å². The molecule has 0 fully saturated rings. The molecule has 1 N–H and O–H groups in total. The summed E-state index contributed by atoms with van der Waals surface area (Å²) in [5.41, 5.74) is 4.31. The number of anilines is 1. The van der Waals surface area contributed by atoms with Crippen LogP contribution in [0.15, 0.2) is 24.3 Å². The molecule has 0 radical (unpaired) electrons. The van der Waals surface area contributed by atoms with Crippen molar-refractivity contribution in [1.82, 2.24) is 24.5 Å². The lowest BCUT2D eigenvalue weighted by Gasteiger charge is -2.13. The Hall–Kier alpha value is -2.93. The fraction of sp³-hybridized carbons (Fsp3) is 0.440. The highest BCUT2D eigenvalue weighted by Gasteiger charge is 2.18. The molecule has 4 rings (SSSR count). The maximum Gasteiger partial charge on any atom is 0.248 e. The number of unbranched alkanes of at least 4 members (excludes halogenated alkanes) is 1. The molecule has 174 valence electrons. The number of rotatable bonds is 7. The third kappa shape index (κ3) is 5.03. The van der Waals surface area contributed by atoms with Crippen LogP contribution < -0.4 is 5.32 Å². The van der Waals surface area contributed by atoms with Crippen molar-refractivity contribution >= 4 is 29.3 Å². The molecule has 3 aromatic rings. The third-order valence-electron chi connectivity index (χ3n) is 6.18. The summed E-state index contributed by atoms with van der Waals surface area (Å²) in [6, 6.07) is 5.89. The van der Waals surface area contributed by atoms with Crippen LogP contribution in [0.25, 0.3) is 17.5 Å². The number of nitrogens with zero attached hydrogens (tertiary/aromatic N) is 5. The number of aromatic nitrogens is 5. The van der Waals surface area contributed by atoms with E-state index in [0.29, 0.717) is 5.15 Å². The van der Waals surface area contributed by atoms with Crippen LogP contribution in [0.5, 0.6) is 0 Å². The first kappa shape index (κ1) is 23.2. The topological polar surface area (TPSA) is 77.6 Å². The van der Waals surface area contributed by atoms with Crippen LogP contribution in [-0.2, 0) is 24.3 Å². The van der Waals surface area contributed by atoms with E-state index in [1.165, 1.54) is 12.5 Å². The van der Waals surface area contributed by atoms with Crippen LogP contribution in [0.2, 0.25) is 5.15 Å². The van der Waals surface area contributed by atoms with E-state index in [2.05, 4.69) is 32.1 Å². The van der Waals surface area contributed by atoms with Crippen molar-refractivity contribution in [3.63, 3.8) is 0 Å². The SMILES string of the molecule is CCCCn1nc(C)c(C=CC(=O)Nc2cccc(-c3nnc4n3CCCCC4)c2C)c1Cl. The lowest BCUT2D eigenvalue weighted by Crippen LogP contribution is -2.10. The standard InChI is InChI=1S/C25H31ClN6O/c1-4-5-16-32-24(26)20(18(3)30-32)13-14-23(33)27-21-11-9-10-19(17(21)2)25-29-28-22-12-7-6-8-15-31(22)25/h9-11,13-14H,4-8,12,15-16H2,1-3H3,(H,27,33). The molecule has 0 aliphatic carbocycles. The molecule has 1 aliphatic rings. The van der Waals surface area contributed by atoms with Crippen molar-refractivity contribution in [3.05, 3.63) is 52.1 Å². The second kappa shape index (κ2) is 10.3. The molecule has 8 heteroatoms. The zero-order valence-electron chi connectivity index (χ0n) is 19.6. The Balaban J connectivity index is 1.52. The predicted octanol–water partition coefficient (Wildman–Crippen LogP) is 5.59. The van der Waals surface area contributed by atoms with E-state index in [0.717, 1.165) is 84.9 Å². The van der Waals surface area contributed by atoms with E-state index < -0.39 is 0 Å². The first-order chi connectivity index (χ1) is 16.0. The van der Waals surface area contributed by atoms with Crippen molar-refractivity contribution in [1.29, 1.82) is 0 Å². The van der Waals surface area contributed by atoms with Crippen molar-refractivity contribution in [3.8, 4) is 11.4 Å². The van der Waals surface area contributed by atoms with Gasteiger partial charge in [0.25, 0.3) is 0 Å². The summed E-state index contributed by atoms with van der Waals surface area (Å²) in [5.74, 6) is 1.70. The fourth-order valence-corrected chi connectivity index (χ4v) is 4.57. The minimum Gasteiger partial charge on any atom is -0.322 e. The van der Waals surface area contributed by atoms with Crippen molar-refractivity contribution in [2.24, 2.45) is 0 Å². The fourth-order valence-electron chi connectivity index (χ4n) is 4.24. The maximum atomic E-state index is 12.7. The monoisotopic (exact) mass is 466 g/mol. The summed E-state index contributed by atoms with van der Waals surface area (Å²) in [4.78, 5) is 12.7. The Morgan fingerprint density at radius 3 is 2.88 bits per heavy atom. The summed E-state index contributed by atoms with van der Waals surface area (Å²) >= 11 is 6.48. The Kier molecular flexibility index (Phi) is 7.28. The van der Waals surface area contributed by atoms with Crippen LogP contribution in [0.4, 0.5) is 5.69 Å². The number of halogens is 1. The van der Waals surface area contributed by atoms with Crippen molar-refractivity contribution in [2.75, 3.05) is 5.32 Å². The summed E-state index contributed by atoms with van der Waals surface area (Å²) in [5, 5.41) is 17.0. The van der Waals surface area contributed by atoms with E-state index >= 15 is 0 Å². The van der Waals surface area contributed by atoms with Gasteiger partial charge in [-0.15, -0.1) is 10.2 Å². The van der Waals surface area contributed by atoms with Gasteiger partial charge < -0.3 is 9.88 Å². The molecule has 0 saturated carbocycles. The van der Waals surface area contributed by atoms with Gasteiger partial charge in [0, 0.05) is 42.4 Å². The average molecular weight is 467 g/mol. The molecule has 1 aliphatic heterocycles. The van der Waals surface area contributed by atoms with Gasteiger partial charge in [0.2, 0.25) is 5.91 Å². The molecule has 0 spiro atoms. The van der Waals surface area contributed by atoms with Gasteiger partial charge in [0.05, 0.1) is 5.69 Å². The summed E-state index contributed by atoms with van der Waals surface area (Å²) in [7, 11) is 0. The number of benzene rings is 1. The number of amides is 1. The van der Waals surface area contributed by atoms with E-state index in [9.17, 15) is 4.79 Å². The number of nitrogens with one attached hydrogen (secondary N) is 1. The molecule has 7 nitrogen and oxygen atoms in total. The molecule has 1 amide bonds. The molecular weight excluding hydrogens is 436 g/mol. The van der Waals surface area contributed by atoms with Gasteiger partial charge in [0.15, 0.2) is 5.82 Å². The van der Waals surface area contributed by atoms with E-state index in [1.807, 2.05) is 32.0 Å². The molecule has 0 atom stereocenters. The van der Waals surface area contributed by atoms with E-state index in [1.54, 1.807) is 10.8 Å². The molecule has 0 saturated heterocycles. The number of carbonyl (C=O) groups excluding carboxylic acids is 1. The van der Waals surface area contributed by atoms with E-state index in [-0.39, 0.29) is 5.91 Å². The zero-order chi connectivity index (χ0) is 23.4. The predicted molar refractivity (Wildman–Crippen MR) is 132 cm³/mol. The minimum absolute atomic E-state index is 0.216. The maximum absolute atomic E-state index is 12.7. The Morgan fingerprint density at radius 2 is 2.06 bits per heavy atom. The number of aryl methyl sites for hydroxylation is 3. The minimum atomic E-state index is -0.216. The van der Waals surface area contributed by atoms with Crippen molar-refractivity contribution < 1.29 is 4.79 Å². The number of carbonyl (C=O) groups is 1. The first-order valence-electron chi connectivity index (χ1n) is 11.7. The van der Waals surface area contributed by atoms with Gasteiger partial charge in [-0.05, 0) is 50.8 Å². The summed E-state index contributed by atoms with van der Waals surface area (Å²) in [6.07, 6.45) is 9.79. The van der Waals surface area contributed by atoms with Gasteiger partial charge >= 0.3 is 0 Å². The van der Waals surface area contributed by atoms with Crippen LogP contribution in [0.1, 0.15) is 61.7 Å². The number of hydrogen-bond donors (Lipinski definition) is 1. The lowest BCUT2D eigenvalue weighted by atomic mass is 10.1. The van der Waals surface area contributed by atoms with Gasteiger partial charge in [-0.25, -0.2) is 0 Å². The molecule has 3 heterocycles.